The zero-order valence-electron chi connectivity index (χ0n) is 9.15. The van der Waals surface area contributed by atoms with Gasteiger partial charge in [-0.25, -0.2) is 0 Å². The van der Waals surface area contributed by atoms with E-state index in [0.29, 0.717) is 27.8 Å². The summed E-state index contributed by atoms with van der Waals surface area (Å²) in [6.45, 7) is 0. The van der Waals surface area contributed by atoms with Crippen LogP contribution < -0.4 is 10.5 Å². The lowest BCUT2D eigenvalue weighted by Crippen LogP contribution is -1.92. The third-order valence-electron chi connectivity index (χ3n) is 2.24. The molecule has 18 heavy (non-hydrogen) atoms. The molecule has 0 bridgehead atoms. The first kappa shape index (κ1) is 12.7. The molecule has 2 aromatic rings. The molecule has 0 fully saturated rings. The number of nitrogens with zero attached hydrogens (tertiary/aromatic N) is 1. The van der Waals surface area contributed by atoms with Gasteiger partial charge in [0.2, 0.25) is 0 Å². The van der Waals surface area contributed by atoms with E-state index in [1.807, 2.05) is 12.1 Å². The molecule has 0 aromatic heterocycles. The molecular formula is C13H8BrClN2O. The average Bonchev–Trinajstić information content (AvgIpc) is 2.34. The Hall–Kier alpha value is -1.70. The maximum atomic E-state index is 9.01. The van der Waals surface area contributed by atoms with Crippen molar-refractivity contribution in [2.24, 2.45) is 0 Å². The van der Waals surface area contributed by atoms with Crippen LogP contribution in [0.25, 0.3) is 0 Å². The second kappa shape index (κ2) is 5.30. The van der Waals surface area contributed by atoms with E-state index >= 15 is 0 Å². The number of nitrogen functional groups attached to an aromatic ring is 1. The number of hydrogen-bond acceptors (Lipinski definition) is 3. The first-order valence-electron chi connectivity index (χ1n) is 5.02. The Balaban J connectivity index is 2.37. The van der Waals surface area contributed by atoms with Gasteiger partial charge in [0.1, 0.15) is 17.6 Å². The van der Waals surface area contributed by atoms with Crippen molar-refractivity contribution in [3.63, 3.8) is 0 Å². The summed E-state index contributed by atoms with van der Waals surface area (Å²) >= 11 is 9.35. The molecule has 0 amide bonds. The minimum absolute atomic E-state index is 0.369. The number of benzene rings is 2. The van der Waals surface area contributed by atoms with Gasteiger partial charge < -0.3 is 10.5 Å². The van der Waals surface area contributed by atoms with Gasteiger partial charge in [0.25, 0.3) is 0 Å². The summed E-state index contributed by atoms with van der Waals surface area (Å²) in [6, 6.07) is 12.2. The molecule has 3 nitrogen and oxygen atoms in total. The van der Waals surface area contributed by atoms with Crippen LogP contribution in [0.3, 0.4) is 0 Å². The Kier molecular flexibility index (Phi) is 3.75. The number of rotatable bonds is 2. The number of halogens is 2. The third kappa shape index (κ3) is 2.76. The second-order valence-electron chi connectivity index (χ2n) is 3.54. The van der Waals surface area contributed by atoms with E-state index in [2.05, 4.69) is 15.9 Å². The highest BCUT2D eigenvalue weighted by molar-refractivity contribution is 9.10. The maximum absolute atomic E-state index is 9.01. The van der Waals surface area contributed by atoms with E-state index in [1.165, 1.54) is 0 Å². The Morgan fingerprint density at radius 1 is 1.17 bits per heavy atom. The number of nitriles is 1. The minimum Gasteiger partial charge on any atom is -0.454 e. The highest BCUT2D eigenvalue weighted by Gasteiger charge is 2.08. The van der Waals surface area contributed by atoms with Gasteiger partial charge >= 0.3 is 0 Å². The fraction of sp³-hybridized carbons (Fsp3) is 0. The van der Waals surface area contributed by atoms with Crippen molar-refractivity contribution in [2.75, 3.05) is 5.73 Å². The van der Waals surface area contributed by atoms with Gasteiger partial charge in [-0.1, -0.05) is 27.5 Å². The van der Waals surface area contributed by atoms with Gasteiger partial charge in [-0.3, -0.25) is 0 Å². The molecule has 0 aliphatic rings. The van der Waals surface area contributed by atoms with E-state index in [-0.39, 0.29) is 0 Å². The Labute approximate surface area is 118 Å². The number of nitrogens with two attached hydrogens (primary N) is 1. The summed E-state index contributed by atoms with van der Waals surface area (Å²) in [5.41, 5.74) is 6.49. The van der Waals surface area contributed by atoms with Crippen LogP contribution in [-0.4, -0.2) is 0 Å². The molecule has 0 unspecified atom stereocenters. The van der Waals surface area contributed by atoms with E-state index in [0.717, 1.165) is 4.47 Å². The third-order valence-corrected chi connectivity index (χ3v) is 3.03. The standard InChI is InChI=1S/C13H8BrClN2O/c14-9-1-3-13(11(15)6-9)18-12-4-2-10(17)5-8(12)7-16/h1-6H,17H2. The lowest BCUT2D eigenvalue weighted by atomic mass is 10.2. The van der Waals surface area contributed by atoms with Crippen molar-refractivity contribution in [3.05, 3.63) is 51.5 Å². The molecule has 0 spiro atoms. The molecule has 90 valence electrons. The van der Waals surface area contributed by atoms with Crippen molar-refractivity contribution in [1.82, 2.24) is 0 Å². The Bertz CT molecular complexity index is 637. The normalized spacial score (nSPS) is 9.83. The molecule has 0 saturated carbocycles. The number of anilines is 1. The van der Waals surface area contributed by atoms with Crippen molar-refractivity contribution in [1.29, 1.82) is 5.26 Å². The molecule has 2 aromatic carbocycles. The molecular weight excluding hydrogens is 316 g/mol. The quantitative estimate of drug-likeness (QED) is 0.836. The molecule has 0 heterocycles. The van der Waals surface area contributed by atoms with Crippen molar-refractivity contribution < 1.29 is 4.74 Å². The van der Waals surface area contributed by atoms with Gasteiger partial charge in [-0.05, 0) is 36.4 Å². The van der Waals surface area contributed by atoms with E-state index in [1.54, 1.807) is 30.3 Å². The molecule has 5 heteroatoms. The smallest absolute Gasteiger partial charge is 0.146 e. The van der Waals surface area contributed by atoms with Crippen LogP contribution in [0.2, 0.25) is 5.02 Å². The summed E-state index contributed by atoms with van der Waals surface area (Å²) in [5, 5.41) is 9.47. The predicted molar refractivity (Wildman–Crippen MR) is 74.8 cm³/mol. The van der Waals surface area contributed by atoms with E-state index in [9.17, 15) is 0 Å². The number of ether oxygens (including phenoxy) is 1. The van der Waals surface area contributed by atoms with Crippen LogP contribution in [0.15, 0.2) is 40.9 Å². The summed E-state index contributed by atoms with van der Waals surface area (Å²) < 4.78 is 6.47. The molecule has 2 N–H and O–H groups in total. The molecule has 0 saturated heterocycles. The molecule has 2 rings (SSSR count). The minimum atomic E-state index is 0.369. The lowest BCUT2D eigenvalue weighted by Gasteiger charge is -2.09. The molecule has 0 atom stereocenters. The molecule has 0 radical (unpaired) electrons. The first-order valence-corrected chi connectivity index (χ1v) is 6.20. The van der Waals surface area contributed by atoms with Crippen LogP contribution in [0, 0.1) is 11.3 Å². The van der Waals surface area contributed by atoms with Crippen LogP contribution in [0.5, 0.6) is 11.5 Å². The van der Waals surface area contributed by atoms with Crippen molar-refractivity contribution >= 4 is 33.2 Å². The maximum Gasteiger partial charge on any atom is 0.146 e. The first-order chi connectivity index (χ1) is 8.60. The van der Waals surface area contributed by atoms with Crippen LogP contribution in [-0.2, 0) is 0 Å². The summed E-state index contributed by atoms with van der Waals surface area (Å²) in [4.78, 5) is 0. The van der Waals surface area contributed by atoms with Gasteiger partial charge in [0.15, 0.2) is 0 Å². The fourth-order valence-corrected chi connectivity index (χ4v) is 2.11. The van der Waals surface area contributed by atoms with E-state index < -0.39 is 0 Å². The highest BCUT2D eigenvalue weighted by atomic mass is 79.9. The summed E-state index contributed by atoms with van der Waals surface area (Å²) in [5.74, 6) is 0.914. The fourth-order valence-electron chi connectivity index (χ4n) is 1.40. The van der Waals surface area contributed by atoms with Gasteiger partial charge in [-0.15, -0.1) is 0 Å². The average molecular weight is 324 g/mol. The highest BCUT2D eigenvalue weighted by Crippen LogP contribution is 2.33. The van der Waals surface area contributed by atoms with Gasteiger partial charge in [0.05, 0.1) is 10.6 Å². The molecule has 0 aliphatic heterocycles. The summed E-state index contributed by atoms with van der Waals surface area (Å²) in [7, 11) is 0. The lowest BCUT2D eigenvalue weighted by molar-refractivity contribution is 0.481. The Morgan fingerprint density at radius 2 is 1.89 bits per heavy atom. The second-order valence-corrected chi connectivity index (χ2v) is 4.87. The van der Waals surface area contributed by atoms with Gasteiger partial charge in [-0.2, -0.15) is 5.26 Å². The SMILES string of the molecule is N#Cc1cc(N)ccc1Oc1ccc(Br)cc1Cl. The Morgan fingerprint density at radius 3 is 2.56 bits per heavy atom. The van der Waals surface area contributed by atoms with E-state index in [4.69, 9.17) is 27.3 Å². The molecule has 0 aliphatic carbocycles. The van der Waals surface area contributed by atoms with Crippen LogP contribution in [0.4, 0.5) is 5.69 Å². The summed E-state index contributed by atoms with van der Waals surface area (Å²) in [6.07, 6.45) is 0. The zero-order valence-corrected chi connectivity index (χ0v) is 11.5. The van der Waals surface area contributed by atoms with Crippen LogP contribution in [0.1, 0.15) is 5.56 Å². The van der Waals surface area contributed by atoms with Crippen molar-refractivity contribution in [2.45, 2.75) is 0 Å². The largest absolute Gasteiger partial charge is 0.454 e. The van der Waals surface area contributed by atoms with Crippen molar-refractivity contribution in [3.8, 4) is 17.6 Å². The topological polar surface area (TPSA) is 59.0 Å². The predicted octanol–water partition coefficient (Wildman–Crippen LogP) is 4.35. The monoisotopic (exact) mass is 322 g/mol. The zero-order chi connectivity index (χ0) is 13.1. The van der Waals surface area contributed by atoms with Gasteiger partial charge in [0, 0.05) is 10.2 Å². The number of hydrogen-bond donors (Lipinski definition) is 1. The van der Waals surface area contributed by atoms with Crippen LogP contribution >= 0.6 is 27.5 Å².